The second-order valence-corrected chi connectivity index (χ2v) is 22.4. The summed E-state index contributed by atoms with van der Waals surface area (Å²) in [6.07, 6.45) is 0. The van der Waals surface area contributed by atoms with Crippen molar-refractivity contribution in [3.63, 3.8) is 0 Å². The number of aromatic nitrogens is 7. The van der Waals surface area contributed by atoms with Gasteiger partial charge in [-0.15, -0.1) is 0 Å². The predicted octanol–water partition coefficient (Wildman–Crippen LogP) is 20.6. The molecule has 0 N–H and O–H groups in total. The lowest BCUT2D eigenvalue weighted by Crippen LogP contribution is -2.06. The molecule has 0 saturated carbocycles. The Kier molecular flexibility index (Phi) is 12.1. The van der Waals surface area contributed by atoms with Gasteiger partial charge in [0.1, 0.15) is 0 Å². The molecule has 0 aliphatic rings. The minimum Gasteiger partial charge on any atom is -0.309 e. The van der Waals surface area contributed by atoms with E-state index in [-0.39, 0.29) is 0 Å². The predicted molar refractivity (Wildman–Crippen MR) is 365 cm³/mol. The minimum atomic E-state index is 0.593. The molecular formula is C81H53N7. The molecule has 88 heavy (non-hydrogen) atoms. The molecule has 7 nitrogen and oxygen atoms in total. The highest BCUT2D eigenvalue weighted by molar-refractivity contribution is 6.20. The molecular weight excluding hydrogens is 1070 g/mol. The summed E-state index contributed by atoms with van der Waals surface area (Å²) in [6, 6.07) is 114. The van der Waals surface area contributed by atoms with E-state index in [1.807, 2.05) is 60.7 Å². The van der Waals surface area contributed by atoms with E-state index in [0.29, 0.717) is 17.6 Å². The average molecular weight is 1120 g/mol. The van der Waals surface area contributed by atoms with Crippen molar-refractivity contribution in [2.24, 2.45) is 0 Å². The molecule has 0 saturated heterocycles. The third kappa shape index (κ3) is 8.47. The van der Waals surface area contributed by atoms with Crippen LogP contribution in [0.3, 0.4) is 0 Å². The first kappa shape index (κ1) is 50.6. The number of benzene rings is 13. The highest BCUT2D eigenvalue weighted by Crippen LogP contribution is 2.43. The van der Waals surface area contributed by atoms with Gasteiger partial charge in [0.2, 0.25) is 5.95 Å². The maximum atomic E-state index is 5.10. The van der Waals surface area contributed by atoms with Crippen LogP contribution in [0.5, 0.6) is 0 Å². The third-order valence-electron chi connectivity index (χ3n) is 17.2. The van der Waals surface area contributed by atoms with Gasteiger partial charge in [-0.05, 0) is 113 Å². The molecule has 0 fully saturated rings. The van der Waals surface area contributed by atoms with Crippen molar-refractivity contribution in [1.29, 1.82) is 0 Å². The number of hydrogen-bond donors (Lipinski definition) is 0. The SMILES string of the molecule is c1ccc(-c2cc(-c3ccccc3)cc(-n3c4ccccc4c4cc5c(cc43)c3ccccc3n5-c3ccccc3)c2)cc1.c1ccc(-c2nc(-c3ccccc3)nc(-n3c4ccccc4c4cc5c(cc43)c3ccccc3n5-c3ccccc3)n2)cc1. The summed E-state index contributed by atoms with van der Waals surface area (Å²) in [7, 11) is 0. The Bertz CT molecular complexity index is 5180. The second-order valence-electron chi connectivity index (χ2n) is 22.4. The van der Waals surface area contributed by atoms with Crippen molar-refractivity contribution in [2.75, 3.05) is 0 Å². The summed E-state index contributed by atoms with van der Waals surface area (Å²) >= 11 is 0. The molecule has 13 aromatic carbocycles. The molecule has 0 bridgehead atoms. The van der Waals surface area contributed by atoms with E-state index in [9.17, 15) is 0 Å². The highest BCUT2D eigenvalue weighted by Gasteiger charge is 2.23. The fourth-order valence-electron chi connectivity index (χ4n) is 13.3. The Morgan fingerprint density at radius 3 is 0.795 bits per heavy atom. The molecule has 5 aromatic heterocycles. The van der Waals surface area contributed by atoms with E-state index in [1.165, 1.54) is 93.4 Å². The van der Waals surface area contributed by atoms with Crippen molar-refractivity contribution in [2.45, 2.75) is 0 Å². The van der Waals surface area contributed by atoms with Crippen molar-refractivity contribution in [3.05, 3.63) is 322 Å². The van der Waals surface area contributed by atoms with Gasteiger partial charge in [0.15, 0.2) is 11.6 Å². The molecule has 0 unspecified atom stereocenters. The maximum Gasteiger partial charge on any atom is 0.238 e. The second kappa shape index (κ2) is 21.0. The summed E-state index contributed by atoms with van der Waals surface area (Å²) in [5.41, 5.74) is 19.5. The molecule has 0 spiro atoms. The zero-order valence-electron chi connectivity index (χ0n) is 47.7. The van der Waals surface area contributed by atoms with E-state index in [4.69, 9.17) is 15.0 Å². The topological polar surface area (TPSA) is 58.4 Å². The van der Waals surface area contributed by atoms with Crippen LogP contribution in [0.15, 0.2) is 322 Å². The molecule has 0 radical (unpaired) electrons. The Hall–Kier alpha value is -11.9. The van der Waals surface area contributed by atoms with Crippen LogP contribution >= 0.6 is 0 Å². The Labute approximate surface area is 507 Å². The smallest absolute Gasteiger partial charge is 0.238 e. The number of nitrogens with zero attached hydrogens (tertiary/aromatic N) is 7. The lowest BCUT2D eigenvalue weighted by molar-refractivity contribution is 0.954. The van der Waals surface area contributed by atoms with Crippen LogP contribution in [-0.2, 0) is 0 Å². The zero-order chi connectivity index (χ0) is 58.1. The Balaban J connectivity index is 0.000000137. The summed E-state index contributed by atoms with van der Waals surface area (Å²) in [5, 5.41) is 9.70. The van der Waals surface area contributed by atoms with Crippen LogP contribution in [0.25, 0.3) is 155 Å². The van der Waals surface area contributed by atoms with Gasteiger partial charge in [-0.3, -0.25) is 4.57 Å². The van der Waals surface area contributed by atoms with Crippen molar-refractivity contribution < 1.29 is 0 Å². The number of para-hydroxylation sites is 6. The molecule has 0 atom stereocenters. The van der Waals surface area contributed by atoms with Crippen molar-refractivity contribution >= 4 is 87.2 Å². The van der Waals surface area contributed by atoms with Gasteiger partial charge < -0.3 is 13.7 Å². The van der Waals surface area contributed by atoms with Gasteiger partial charge in [0.25, 0.3) is 0 Å². The Morgan fingerprint density at radius 1 is 0.170 bits per heavy atom. The first-order valence-electron chi connectivity index (χ1n) is 29.8. The quantitative estimate of drug-likeness (QED) is 0.152. The van der Waals surface area contributed by atoms with Crippen LogP contribution in [0.4, 0.5) is 0 Å². The van der Waals surface area contributed by atoms with Gasteiger partial charge in [-0.25, -0.2) is 4.98 Å². The highest BCUT2D eigenvalue weighted by atomic mass is 15.2. The monoisotopic (exact) mass is 1120 g/mol. The average Bonchev–Trinajstić information content (AvgIpc) is 1.68. The molecule has 18 rings (SSSR count). The van der Waals surface area contributed by atoms with Crippen LogP contribution in [0.1, 0.15) is 0 Å². The molecule has 0 aliphatic heterocycles. The lowest BCUT2D eigenvalue weighted by atomic mass is 9.98. The van der Waals surface area contributed by atoms with Gasteiger partial charge in [-0.1, -0.05) is 231 Å². The maximum absolute atomic E-state index is 5.10. The third-order valence-corrected chi connectivity index (χ3v) is 17.2. The first-order chi connectivity index (χ1) is 43.7. The first-order valence-corrected chi connectivity index (χ1v) is 29.8. The van der Waals surface area contributed by atoms with E-state index < -0.39 is 0 Å². The van der Waals surface area contributed by atoms with Crippen LogP contribution < -0.4 is 0 Å². The Morgan fingerprint density at radius 2 is 0.443 bits per heavy atom. The standard InChI is InChI=1S/C42H28N2.C39H25N5/c1-4-14-29(15-5-1)31-24-32(30-16-6-2-7-17-30)26-34(25-31)44-40-23-13-11-21-36(40)38-27-41-37(28-42(38)44)35-20-10-12-22-39(35)43(41)33-18-8-3-9-19-33;1-4-14-26(15-5-1)37-40-38(27-16-6-2-7-17-27)42-39(41-37)44-34-23-13-11-21-30(34)32-24-35-31(25-36(32)44)29-20-10-12-22-33(29)43(35)28-18-8-3-9-19-28/h1-28H;1-25H. The molecule has 18 aromatic rings. The fraction of sp³-hybridized carbons (Fsp3) is 0. The summed E-state index contributed by atoms with van der Waals surface area (Å²) in [5.74, 6) is 1.87. The molecule has 412 valence electrons. The summed E-state index contributed by atoms with van der Waals surface area (Å²) in [4.78, 5) is 15.1. The number of fused-ring (bicyclic) bond motifs is 12. The number of rotatable bonds is 8. The van der Waals surface area contributed by atoms with E-state index in [2.05, 4.69) is 279 Å². The molecule has 7 heteroatoms. The zero-order valence-corrected chi connectivity index (χ0v) is 47.7. The van der Waals surface area contributed by atoms with E-state index in [1.54, 1.807) is 0 Å². The molecule has 0 amide bonds. The van der Waals surface area contributed by atoms with Gasteiger partial charge in [0.05, 0.1) is 44.1 Å². The minimum absolute atomic E-state index is 0.593. The summed E-state index contributed by atoms with van der Waals surface area (Å²) < 4.78 is 9.41. The fourth-order valence-corrected chi connectivity index (χ4v) is 13.3. The van der Waals surface area contributed by atoms with Crippen LogP contribution in [-0.4, -0.2) is 33.2 Å². The summed E-state index contributed by atoms with van der Waals surface area (Å²) in [6.45, 7) is 0. The van der Waals surface area contributed by atoms with Crippen LogP contribution in [0.2, 0.25) is 0 Å². The van der Waals surface area contributed by atoms with Gasteiger partial charge >= 0.3 is 0 Å². The molecule has 0 aliphatic carbocycles. The van der Waals surface area contributed by atoms with Gasteiger partial charge in [0, 0.05) is 71.3 Å². The van der Waals surface area contributed by atoms with E-state index >= 15 is 0 Å². The van der Waals surface area contributed by atoms with Crippen LogP contribution in [0, 0.1) is 0 Å². The lowest BCUT2D eigenvalue weighted by Gasteiger charge is -2.14. The van der Waals surface area contributed by atoms with E-state index in [0.717, 1.165) is 44.3 Å². The van der Waals surface area contributed by atoms with Gasteiger partial charge in [-0.2, -0.15) is 9.97 Å². The van der Waals surface area contributed by atoms with Crippen molar-refractivity contribution in [3.8, 4) is 68.0 Å². The van der Waals surface area contributed by atoms with Crippen molar-refractivity contribution in [1.82, 2.24) is 33.2 Å². The number of hydrogen-bond acceptors (Lipinski definition) is 3. The normalized spacial score (nSPS) is 11.6. The molecule has 5 heterocycles. The largest absolute Gasteiger partial charge is 0.309 e.